The third-order valence-electron chi connectivity index (χ3n) is 3.31. The number of hydrogen-bond donors (Lipinski definition) is 2. The zero-order valence-electron chi connectivity index (χ0n) is 10.6. The number of H-pyrrole nitrogens is 1. The number of hydrogen-bond acceptors (Lipinski definition) is 5. The van der Waals surface area contributed by atoms with Crippen molar-refractivity contribution >= 4 is 0 Å². The Bertz CT molecular complexity index is 596. The molecule has 2 aromatic heterocycles. The summed E-state index contributed by atoms with van der Waals surface area (Å²) in [4.78, 5) is 18.3. The fraction of sp³-hybridized carbons (Fsp3) is 0.462. The summed E-state index contributed by atoms with van der Waals surface area (Å²) in [5.41, 5.74) is 0.379. The lowest BCUT2D eigenvalue weighted by molar-refractivity contribution is 0.401. The van der Waals surface area contributed by atoms with Gasteiger partial charge in [0.15, 0.2) is 5.82 Å². The van der Waals surface area contributed by atoms with E-state index in [1.54, 1.807) is 12.1 Å². The van der Waals surface area contributed by atoms with E-state index in [4.69, 9.17) is 4.52 Å². The van der Waals surface area contributed by atoms with Gasteiger partial charge in [-0.25, -0.2) is 0 Å². The van der Waals surface area contributed by atoms with Crippen LogP contribution in [-0.4, -0.2) is 21.7 Å². The van der Waals surface area contributed by atoms with Gasteiger partial charge in [-0.1, -0.05) is 24.1 Å². The molecule has 1 unspecified atom stereocenters. The Morgan fingerprint density at radius 2 is 2.21 bits per heavy atom. The van der Waals surface area contributed by atoms with Gasteiger partial charge in [0.25, 0.3) is 5.89 Å². The molecule has 0 bridgehead atoms. The van der Waals surface area contributed by atoms with Crippen LogP contribution in [0.3, 0.4) is 0 Å². The van der Waals surface area contributed by atoms with Crippen LogP contribution >= 0.6 is 0 Å². The van der Waals surface area contributed by atoms with E-state index >= 15 is 0 Å². The van der Waals surface area contributed by atoms with Gasteiger partial charge in [-0.15, -0.1) is 0 Å². The highest BCUT2D eigenvalue weighted by Gasteiger charge is 2.20. The first-order valence-corrected chi connectivity index (χ1v) is 6.59. The highest BCUT2D eigenvalue weighted by atomic mass is 16.5. The van der Waals surface area contributed by atoms with Crippen LogP contribution < -0.4 is 10.9 Å². The van der Waals surface area contributed by atoms with E-state index < -0.39 is 0 Å². The van der Waals surface area contributed by atoms with Gasteiger partial charge < -0.3 is 14.8 Å². The van der Waals surface area contributed by atoms with Crippen LogP contribution in [0.5, 0.6) is 0 Å². The Labute approximate surface area is 110 Å². The van der Waals surface area contributed by atoms with E-state index in [0.29, 0.717) is 17.4 Å². The third kappa shape index (κ3) is 2.73. The molecule has 0 radical (unpaired) electrons. The fourth-order valence-electron chi connectivity index (χ4n) is 2.31. The molecular formula is C13H16N4O2. The molecular weight excluding hydrogens is 244 g/mol. The molecule has 1 aliphatic rings. The molecule has 0 amide bonds. The largest absolute Gasteiger partial charge is 0.332 e. The number of aromatic nitrogens is 3. The Balaban J connectivity index is 1.84. The van der Waals surface area contributed by atoms with Gasteiger partial charge in [0.05, 0.1) is 6.04 Å². The number of pyridine rings is 1. The van der Waals surface area contributed by atoms with Crippen molar-refractivity contribution in [1.29, 1.82) is 0 Å². The molecule has 100 valence electrons. The smallest absolute Gasteiger partial charge is 0.274 e. The van der Waals surface area contributed by atoms with Crippen LogP contribution in [0, 0.1) is 0 Å². The van der Waals surface area contributed by atoms with E-state index in [1.165, 1.54) is 25.3 Å². The second-order valence-corrected chi connectivity index (χ2v) is 4.74. The number of aromatic amines is 1. The van der Waals surface area contributed by atoms with Crippen LogP contribution in [0.25, 0.3) is 11.6 Å². The molecule has 0 spiro atoms. The van der Waals surface area contributed by atoms with E-state index in [0.717, 1.165) is 13.0 Å². The SMILES string of the molecule is O=c1cccc(-c2nc(C3CCCCCN3)no2)[nH]1. The van der Waals surface area contributed by atoms with Crippen LogP contribution in [0.15, 0.2) is 27.5 Å². The van der Waals surface area contributed by atoms with Crippen molar-refractivity contribution in [3.8, 4) is 11.6 Å². The number of nitrogens with zero attached hydrogens (tertiary/aromatic N) is 2. The van der Waals surface area contributed by atoms with Gasteiger partial charge in [0.1, 0.15) is 5.69 Å². The Morgan fingerprint density at radius 3 is 3.11 bits per heavy atom. The predicted molar refractivity (Wildman–Crippen MR) is 69.6 cm³/mol. The Morgan fingerprint density at radius 1 is 1.26 bits per heavy atom. The quantitative estimate of drug-likeness (QED) is 0.857. The normalized spacial score (nSPS) is 20.1. The highest BCUT2D eigenvalue weighted by molar-refractivity contribution is 5.45. The molecule has 2 aromatic rings. The topological polar surface area (TPSA) is 83.8 Å². The monoisotopic (exact) mass is 260 g/mol. The van der Waals surface area contributed by atoms with Crippen molar-refractivity contribution in [2.24, 2.45) is 0 Å². The predicted octanol–water partition coefficient (Wildman–Crippen LogP) is 1.63. The summed E-state index contributed by atoms with van der Waals surface area (Å²) in [6.07, 6.45) is 4.61. The van der Waals surface area contributed by atoms with Crippen molar-refractivity contribution in [2.45, 2.75) is 31.7 Å². The van der Waals surface area contributed by atoms with Crippen molar-refractivity contribution in [1.82, 2.24) is 20.4 Å². The molecule has 1 aliphatic heterocycles. The minimum absolute atomic E-state index is 0.149. The zero-order valence-corrected chi connectivity index (χ0v) is 10.6. The lowest BCUT2D eigenvalue weighted by Crippen LogP contribution is -2.21. The maximum atomic E-state index is 11.3. The molecule has 0 saturated carbocycles. The van der Waals surface area contributed by atoms with Crippen LogP contribution in [0.1, 0.15) is 37.5 Å². The van der Waals surface area contributed by atoms with Gasteiger partial charge in [-0.3, -0.25) is 4.79 Å². The highest BCUT2D eigenvalue weighted by Crippen LogP contribution is 2.22. The van der Waals surface area contributed by atoms with Crippen molar-refractivity contribution in [2.75, 3.05) is 6.54 Å². The molecule has 0 aliphatic carbocycles. The standard InChI is InChI=1S/C13H16N4O2/c18-11-7-4-6-10(15-11)13-16-12(17-19-13)9-5-2-1-3-8-14-9/h4,6-7,9,14H,1-3,5,8H2,(H,15,18). The van der Waals surface area contributed by atoms with E-state index in [9.17, 15) is 4.79 Å². The molecule has 1 fully saturated rings. The Kier molecular flexibility index (Phi) is 3.41. The van der Waals surface area contributed by atoms with Gasteiger partial charge in [-0.2, -0.15) is 4.98 Å². The van der Waals surface area contributed by atoms with Crippen molar-refractivity contribution in [3.05, 3.63) is 34.4 Å². The van der Waals surface area contributed by atoms with Crippen molar-refractivity contribution in [3.63, 3.8) is 0 Å². The summed E-state index contributed by atoms with van der Waals surface area (Å²) < 4.78 is 5.23. The maximum Gasteiger partial charge on any atom is 0.274 e. The first-order chi connectivity index (χ1) is 9.33. The summed E-state index contributed by atoms with van der Waals surface area (Å²) in [6.45, 7) is 0.983. The van der Waals surface area contributed by atoms with Gasteiger partial charge >= 0.3 is 0 Å². The summed E-state index contributed by atoms with van der Waals surface area (Å²) in [7, 11) is 0. The average molecular weight is 260 g/mol. The number of nitrogens with one attached hydrogen (secondary N) is 2. The molecule has 1 atom stereocenters. The van der Waals surface area contributed by atoms with Crippen LogP contribution in [0.2, 0.25) is 0 Å². The molecule has 19 heavy (non-hydrogen) atoms. The summed E-state index contributed by atoms with van der Waals surface area (Å²) in [5, 5.41) is 7.43. The van der Waals surface area contributed by atoms with Crippen LogP contribution in [0.4, 0.5) is 0 Å². The number of rotatable bonds is 2. The lowest BCUT2D eigenvalue weighted by atomic mass is 10.1. The second kappa shape index (κ2) is 5.36. The first-order valence-electron chi connectivity index (χ1n) is 6.59. The first kappa shape index (κ1) is 12.1. The summed E-state index contributed by atoms with van der Waals surface area (Å²) in [5.74, 6) is 1.03. The lowest BCUT2D eigenvalue weighted by Gasteiger charge is -2.09. The molecule has 6 heteroatoms. The third-order valence-corrected chi connectivity index (χ3v) is 3.31. The van der Waals surface area contributed by atoms with Gasteiger partial charge in [-0.05, 0) is 25.5 Å². The fourth-order valence-corrected chi connectivity index (χ4v) is 2.31. The van der Waals surface area contributed by atoms with Crippen molar-refractivity contribution < 1.29 is 4.52 Å². The maximum absolute atomic E-state index is 11.3. The molecule has 2 N–H and O–H groups in total. The summed E-state index contributed by atoms with van der Waals surface area (Å²) >= 11 is 0. The van der Waals surface area contributed by atoms with Gasteiger partial charge in [0, 0.05) is 6.07 Å². The van der Waals surface area contributed by atoms with E-state index in [-0.39, 0.29) is 11.6 Å². The van der Waals surface area contributed by atoms with Crippen LogP contribution in [-0.2, 0) is 0 Å². The minimum atomic E-state index is -0.176. The van der Waals surface area contributed by atoms with E-state index in [1.807, 2.05) is 0 Å². The molecule has 3 heterocycles. The molecule has 3 rings (SSSR count). The molecule has 0 aromatic carbocycles. The second-order valence-electron chi connectivity index (χ2n) is 4.74. The Hall–Kier alpha value is -1.95. The van der Waals surface area contributed by atoms with Gasteiger partial charge in [0.2, 0.25) is 5.56 Å². The zero-order chi connectivity index (χ0) is 13.1. The average Bonchev–Trinajstić information content (AvgIpc) is 2.75. The minimum Gasteiger partial charge on any atom is -0.332 e. The molecule has 6 nitrogen and oxygen atoms in total. The molecule has 1 saturated heterocycles. The van der Waals surface area contributed by atoms with E-state index in [2.05, 4.69) is 20.4 Å². The summed E-state index contributed by atoms with van der Waals surface area (Å²) in [6, 6.07) is 5.02.